The zero-order chi connectivity index (χ0) is 19.9. The van der Waals surface area contributed by atoms with E-state index >= 15 is 0 Å². The molecular weight excluding hydrogens is 373 g/mol. The van der Waals surface area contributed by atoms with Crippen LogP contribution in [0, 0.1) is 10.1 Å². The molecule has 0 fully saturated rings. The Hall–Kier alpha value is -3.07. The molecule has 0 saturated carbocycles. The van der Waals surface area contributed by atoms with Gasteiger partial charge in [-0.05, 0) is 24.3 Å². The Bertz CT molecular complexity index is 906. The van der Waals surface area contributed by atoms with Crippen molar-refractivity contribution < 1.29 is 18.5 Å². The Labute approximate surface area is 155 Å². The Balaban J connectivity index is 2.32. The number of nitrogens with two attached hydrogens (primary N) is 1. The molecule has 0 radical (unpaired) electrons. The largest absolute Gasteiger partial charge is 0.397 e. The van der Waals surface area contributed by atoms with E-state index in [0.717, 1.165) is 0 Å². The average molecular weight is 391 g/mol. The molecule has 2 aromatic carbocycles. The minimum Gasteiger partial charge on any atom is -0.397 e. The van der Waals surface area contributed by atoms with Crippen LogP contribution >= 0.6 is 7.60 Å². The molecule has 0 unspecified atom stereocenters. The Kier molecular flexibility index (Phi) is 6.78. The molecule has 0 aliphatic heterocycles. The fourth-order valence-corrected chi connectivity index (χ4v) is 2.83. The van der Waals surface area contributed by atoms with E-state index in [1.54, 1.807) is 24.3 Å². The standard InChI is InChI=1S/C16H18N5O5P/c1-25-27(24,26-2)16(11-18-15-6-4-3-5-14(15)17)20-19-12-7-9-13(10-8-12)21(22)23/h3-11,19H,17H2,1-2H3/b18-11?,20-16-. The van der Waals surface area contributed by atoms with Crippen molar-refractivity contribution in [1.82, 2.24) is 0 Å². The van der Waals surface area contributed by atoms with Crippen molar-refractivity contribution in [3.8, 4) is 0 Å². The number of nitro benzene ring substituents is 1. The van der Waals surface area contributed by atoms with Gasteiger partial charge in [0.05, 0.1) is 28.2 Å². The zero-order valence-corrected chi connectivity index (χ0v) is 15.5. The molecule has 0 aliphatic carbocycles. The molecule has 0 heterocycles. The lowest BCUT2D eigenvalue weighted by Gasteiger charge is -2.13. The predicted octanol–water partition coefficient (Wildman–Crippen LogP) is 3.79. The van der Waals surface area contributed by atoms with Crippen molar-refractivity contribution in [1.29, 1.82) is 0 Å². The molecule has 3 N–H and O–H groups in total. The van der Waals surface area contributed by atoms with Gasteiger partial charge in [0, 0.05) is 26.4 Å². The first-order chi connectivity index (χ1) is 12.9. The molecule has 11 heteroatoms. The highest BCUT2D eigenvalue weighted by molar-refractivity contribution is 7.74. The third-order valence-corrected chi connectivity index (χ3v) is 5.13. The van der Waals surface area contributed by atoms with Gasteiger partial charge < -0.3 is 14.8 Å². The lowest BCUT2D eigenvalue weighted by atomic mass is 10.3. The fourth-order valence-electron chi connectivity index (χ4n) is 1.93. The maximum atomic E-state index is 12.7. The number of aliphatic imine (C=N–C) groups is 1. The number of rotatable bonds is 8. The molecule has 2 rings (SSSR count). The van der Waals surface area contributed by atoms with E-state index in [1.165, 1.54) is 44.7 Å². The summed E-state index contributed by atoms with van der Waals surface area (Å²) in [6.45, 7) is 0. The van der Waals surface area contributed by atoms with Gasteiger partial charge in [0.1, 0.15) is 0 Å². The topological polar surface area (TPSA) is 141 Å². The summed E-state index contributed by atoms with van der Waals surface area (Å²) in [4.78, 5) is 14.4. The maximum Gasteiger partial charge on any atom is 0.382 e. The van der Waals surface area contributed by atoms with Gasteiger partial charge in [-0.15, -0.1) is 0 Å². The Morgan fingerprint density at radius 3 is 2.37 bits per heavy atom. The molecular formula is C16H18N5O5P. The van der Waals surface area contributed by atoms with Crippen LogP contribution in [0.5, 0.6) is 0 Å². The number of benzene rings is 2. The Morgan fingerprint density at radius 1 is 1.19 bits per heavy atom. The van der Waals surface area contributed by atoms with Crippen molar-refractivity contribution in [2.75, 3.05) is 25.4 Å². The number of nitro groups is 1. The number of para-hydroxylation sites is 2. The number of non-ortho nitro benzene ring substituents is 1. The molecule has 10 nitrogen and oxygen atoms in total. The highest BCUT2D eigenvalue weighted by Gasteiger charge is 2.29. The smallest absolute Gasteiger partial charge is 0.382 e. The lowest BCUT2D eigenvalue weighted by Crippen LogP contribution is -2.08. The number of hydrogen-bond acceptors (Lipinski definition) is 9. The van der Waals surface area contributed by atoms with Crippen molar-refractivity contribution in [3.05, 3.63) is 58.6 Å². The molecule has 142 valence electrons. The summed E-state index contributed by atoms with van der Waals surface area (Å²) >= 11 is 0. The van der Waals surface area contributed by atoms with Gasteiger partial charge in [-0.25, -0.2) is 0 Å². The van der Waals surface area contributed by atoms with Crippen LogP contribution in [0.3, 0.4) is 0 Å². The molecule has 27 heavy (non-hydrogen) atoms. The van der Waals surface area contributed by atoms with Crippen LogP contribution in [0.25, 0.3) is 0 Å². The highest BCUT2D eigenvalue weighted by Crippen LogP contribution is 2.47. The summed E-state index contributed by atoms with van der Waals surface area (Å²) in [6, 6.07) is 12.4. The molecule has 0 saturated heterocycles. The Morgan fingerprint density at radius 2 is 1.81 bits per heavy atom. The van der Waals surface area contributed by atoms with E-state index in [4.69, 9.17) is 14.8 Å². The van der Waals surface area contributed by atoms with Crippen molar-refractivity contribution in [2.45, 2.75) is 0 Å². The zero-order valence-electron chi connectivity index (χ0n) is 14.6. The van der Waals surface area contributed by atoms with Crippen LogP contribution in [0.15, 0.2) is 58.6 Å². The van der Waals surface area contributed by atoms with Crippen molar-refractivity contribution in [2.24, 2.45) is 10.1 Å². The number of nitrogens with one attached hydrogen (secondary N) is 1. The molecule has 0 bridgehead atoms. The van der Waals surface area contributed by atoms with E-state index in [-0.39, 0.29) is 11.1 Å². The summed E-state index contributed by atoms with van der Waals surface area (Å²) < 4.78 is 22.6. The van der Waals surface area contributed by atoms with Gasteiger partial charge in [-0.2, -0.15) is 5.10 Å². The number of anilines is 2. The SMILES string of the molecule is COP(=O)(OC)/C(C=Nc1ccccc1N)=N\Nc1ccc([N+](=O)[O-])cc1. The number of nitrogen functional groups attached to an aromatic ring is 1. The van der Waals surface area contributed by atoms with Gasteiger partial charge >= 0.3 is 7.60 Å². The second-order valence-corrected chi connectivity index (χ2v) is 7.25. The predicted molar refractivity (Wildman–Crippen MR) is 105 cm³/mol. The number of hydrogen-bond donors (Lipinski definition) is 2. The number of hydrazone groups is 1. The summed E-state index contributed by atoms with van der Waals surface area (Å²) in [7, 11) is -1.28. The second kappa shape index (κ2) is 9.04. The molecule has 0 atom stereocenters. The summed E-state index contributed by atoms with van der Waals surface area (Å²) in [5.41, 5.74) is 9.63. The van der Waals surface area contributed by atoms with E-state index in [2.05, 4.69) is 15.5 Å². The van der Waals surface area contributed by atoms with E-state index < -0.39 is 12.5 Å². The molecule has 0 aromatic heterocycles. The van der Waals surface area contributed by atoms with E-state index in [9.17, 15) is 14.7 Å². The van der Waals surface area contributed by atoms with E-state index in [0.29, 0.717) is 17.1 Å². The van der Waals surface area contributed by atoms with Gasteiger partial charge in [-0.3, -0.25) is 25.1 Å². The summed E-state index contributed by atoms with van der Waals surface area (Å²) in [5.74, 6) is 0. The van der Waals surface area contributed by atoms with Crippen molar-refractivity contribution in [3.63, 3.8) is 0 Å². The first-order valence-corrected chi connectivity index (χ1v) is 9.12. The lowest BCUT2D eigenvalue weighted by molar-refractivity contribution is -0.384. The van der Waals surface area contributed by atoms with Crippen LogP contribution in [-0.2, 0) is 13.6 Å². The summed E-state index contributed by atoms with van der Waals surface area (Å²) in [6.07, 6.45) is 1.22. The van der Waals surface area contributed by atoms with Crippen LogP contribution in [0.2, 0.25) is 0 Å². The fraction of sp³-hybridized carbons (Fsp3) is 0.125. The second-order valence-electron chi connectivity index (χ2n) is 5.07. The van der Waals surface area contributed by atoms with Crippen LogP contribution < -0.4 is 11.2 Å². The normalized spacial score (nSPS) is 12.3. The minimum atomic E-state index is -3.72. The third kappa shape index (κ3) is 5.20. The monoisotopic (exact) mass is 391 g/mol. The maximum absolute atomic E-state index is 12.7. The quantitative estimate of drug-likeness (QED) is 0.229. The molecule has 0 spiro atoms. The first-order valence-electron chi connectivity index (χ1n) is 7.58. The van der Waals surface area contributed by atoms with Gasteiger partial charge in [-0.1, -0.05) is 12.1 Å². The minimum absolute atomic E-state index is 0.0645. The van der Waals surface area contributed by atoms with Crippen LogP contribution in [0.4, 0.5) is 22.7 Å². The van der Waals surface area contributed by atoms with E-state index in [1.807, 2.05) is 0 Å². The van der Waals surface area contributed by atoms with Crippen molar-refractivity contribution >= 4 is 42.0 Å². The van der Waals surface area contributed by atoms with Crippen LogP contribution in [-0.4, -0.2) is 30.8 Å². The summed E-state index contributed by atoms with van der Waals surface area (Å²) in [5, 5.41) is 14.7. The van der Waals surface area contributed by atoms with Gasteiger partial charge in [0.15, 0.2) is 5.45 Å². The molecule has 2 aromatic rings. The molecule has 0 aliphatic rings. The number of nitrogens with zero attached hydrogens (tertiary/aromatic N) is 3. The highest BCUT2D eigenvalue weighted by atomic mass is 31.2. The molecule has 0 amide bonds. The van der Waals surface area contributed by atoms with Crippen LogP contribution in [0.1, 0.15) is 0 Å². The van der Waals surface area contributed by atoms with Gasteiger partial charge in [0.25, 0.3) is 5.69 Å². The van der Waals surface area contributed by atoms with Gasteiger partial charge in [0.2, 0.25) is 0 Å². The third-order valence-electron chi connectivity index (χ3n) is 3.39. The average Bonchev–Trinajstić information content (AvgIpc) is 2.69. The first kappa shape index (κ1) is 20.2.